The molecule has 0 radical (unpaired) electrons. The number of amides is 1. The fourth-order valence-electron chi connectivity index (χ4n) is 2.52. The summed E-state index contributed by atoms with van der Waals surface area (Å²) in [4.78, 5) is 14.2. The molecular weight excluding hydrogens is 276 g/mol. The number of hydrogen-bond donors (Lipinski definition) is 1. The average Bonchev–Trinajstić information content (AvgIpc) is 2.77. The number of carbonyl (C=O) groups excluding carboxylic acids is 1. The van der Waals surface area contributed by atoms with Gasteiger partial charge in [-0.05, 0) is 25.0 Å². The number of nitrogens with two attached hydrogens (primary N) is 1. The van der Waals surface area contributed by atoms with E-state index in [4.69, 9.17) is 5.73 Å². The van der Waals surface area contributed by atoms with E-state index >= 15 is 0 Å². The van der Waals surface area contributed by atoms with Gasteiger partial charge < -0.3 is 10.6 Å². The molecule has 20 heavy (non-hydrogen) atoms. The molecule has 1 aromatic carbocycles. The van der Waals surface area contributed by atoms with Crippen LogP contribution < -0.4 is 10.6 Å². The summed E-state index contributed by atoms with van der Waals surface area (Å²) in [5, 5.41) is 0. The molecule has 1 heterocycles. The smallest absolute Gasteiger partial charge is 0.231 e. The zero-order valence-corrected chi connectivity index (χ0v) is 12.4. The Morgan fingerprint density at radius 1 is 1.40 bits per heavy atom. The van der Waals surface area contributed by atoms with Crippen molar-refractivity contribution in [3.8, 4) is 0 Å². The lowest BCUT2D eigenvalue weighted by molar-refractivity contribution is -0.121. The molecule has 110 valence electrons. The highest BCUT2D eigenvalue weighted by atomic mass is 32.2. The van der Waals surface area contributed by atoms with Gasteiger partial charge in [0.1, 0.15) is 0 Å². The predicted octanol–water partition coefficient (Wildman–Crippen LogP) is 1.45. The maximum Gasteiger partial charge on any atom is 0.231 e. The van der Waals surface area contributed by atoms with Crippen molar-refractivity contribution >= 4 is 27.1 Å². The predicted molar refractivity (Wildman–Crippen MR) is 80.3 cm³/mol. The van der Waals surface area contributed by atoms with Crippen LogP contribution in [0.15, 0.2) is 24.3 Å². The Balaban J connectivity index is 2.25. The molecule has 2 N–H and O–H groups in total. The zero-order chi connectivity index (χ0) is 14.8. The van der Waals surface area contributed by atoms with Crippen molar-refractivity contribution < 1.29 is 13.2 Å². The summed E-state index contributed by atoms with van der Waals surface area (Å²) in [6.45, 7) is 2.52. The maximum absolute atomic E-state index is 12.6. The number of hydrogen-bond acceptors (Lipinski definition) is 4. The molecule has 1 atom stereocenters. The first kappa shape index (κ1) is 14.8. The van der Waals surface area contributed by atoms with E-state index in [-0.39, 0.29) is 17.4 Å². The topological polar surface area (TPSA) is 80.5 Å². The third kappa shape index (κ3) is 3.12. The Bertz CT molecular complexity index is 598. The molecule has 1 unspecified atom stereocenters. The largest absolute Gasteiger partial charge is 0.397 e. The van der Waals surface area contributed by atoms with Crippen LogP contribution in [-0.4, -0.2) is 32.4 Å². The fraction of sp³-hybridized carbons (Fsp3) is 0.500. The Morgan fingerprint density at radius 2 is 2.10 bits per heavy atom. The van der Waals surface area contributed by atoms with Crippen LogP contribution in [0.4, 0.5) is 11.4 Å². The minimum Gasteiger partial charge on any atom is -0.397 e. The van der Waals surface area contributed by atoms with Gasteiger partial charge in [0.25, 0.3) is 0 Å². The number of sulfone groups is 1. The van der Waals surface area contributed by atoms with E-state index in [0.717, 1.165) is 6.42 Å². The van der Waals surface area contributed by atoms with Crippen LogP contribution in [0.5, 0.6) is 0 Å². The van der Waals surface area contributed by atoms with Crippen molar-refractivity contribution in [1.29, 1.82) is 0 Å². The number of carbonyl (C=O) groups is 1. The summed E-state index contributed by atoms with van der Waals surface area (Å²) in [7, 11) is -3.06. The minimum absolute atomic E-state index is 0.0429. The SMILES string of the molecule is CCCN(C(=O)C1CCS(=O)(=O)C1)c1ccccc1N. The van der Waals surface area contributed by atoms with E-state index in [2.05, 4.69) is 0 Å². The summed E-state index contributed by atoms with van der Waals surface area (Å²) < 4.78 is 23.1. The van der Waals surface area contributed by atoms with Crippen molar-refractivity contribution in [2.45, 2.75) is 19.8 Å². The molecule has 1 saturated heterocycles. The molecule has 0 aliphatic carbocycles. The fourth-order valence-corrected chi connectivity index (χ4v) is 4.25. The van der Waals surface area contributed by atoms with Crippen molar-refractivity contribution in [3.63, 3.8) is 0 Å². The molecule has 1 aliphatic heterocycles. The summed E-state index contributed by atoms with van der Waals surface area (Å²) >= 11 is 0. The van der Waals surface area contributed by atoms with E-state index in [9.17, 15) is 13.2 Å². The monoisotopic (exact) mass is 296 g/mol. The number of benzene rings is 1. The standard InChI is InChI=1S/C14H20N2O3S/c1-2-8-16(13-6-4-3-5-12(13)15)14(17)11-7-9-20(18,19)10-11/h3-6,11H,2,7-10,15H2,1H3. The van der Waals surface area contributed by atoms with E-state index < -0.39 is 15.8 Å². The quantitative estimate of drug-likeness (QED) is 0.853. The van der Waals surface area contributed by atoms with Gasteiger partial charge in [-0.2, -0.15) is 0 Å². The average molecular weight is 296 g/mol. The summed E-state index contributed by atoms with van der Waals surface area (Å²) in [6.07, 6.45) is 1.20. The first-order valence-corrected chi connectivity index (χ1v) is 8.63. The minimum atomic E-state index is -3.06. The molecule has 0 bridgehead atoms. The summed E-state index contributed by atoms with van der Waals surface area (Å²) in [5.74, 6) is -0.510. The number of nitrogen functional groups attached to an aromatic ring is 1. The molecule has 0 spiro atoms. The highest BCUT2D eigenvalue weighted by Crippen LogP contribution is 2.28. The Kier molecular flexibility index (Phi) is 4.32. The molecule has 1 amide bonds. The van der Waals surface area contributed by atoms with E-state index in [1.807, 2.05) is 19.1 Å². The lowest BCUT2D eigenvalue weighted by Gasteiger charge is -2.26. The Hall–Kier alpha value is -1.56. The first-order valence-electron chi connectivity index (χ1n) is 6.81. The van der Waals surface area contributed by atoms with Crippen LogP contribution in [0, 0.1) is 5.92 Å². The van der Waals surface area contributed by atoms with Gasteiger partial charge in [0, 0.05) is 6.54 Å². The highest BCUT2D eigenvalue weighted by Gasteiger charge is 2.35. The Labute approximate surface area is 119 Å². The third-order valence-corrected chi connectivity index (χ3v) is 5.29. The second-order valence-corrected chi connectivity index (χ2v) is 7.38. The van der Waals surface area contributed by atoms with Gasteiger partial charge in [-0.15, -0.1) is 0 Å². The van der Waals surface area contributed by atoms with E-state index in [0.29, 0.717) is 24.3 Å². The number of rotatable bonds is 4. The van der Waals surface area contributed by atoms with Gasteiger partial charge in [-0.1, -0.05) is 19.1 Å². The van der Waals surface area contributed by atoms with Crippen LogP contribution in [-0.2, 0) is 14.6 Å². The molecule has 0 aromatic heterocycles. The summed E-state index contributed by atoms with van der Waals surface area (Å²) in [5.41, 5.74) is 7.14. The van der Waals surface area contributed by atoms with Crippen LogP contribution >= 0.6 is 0 Å². The van der Waals surface area contributed by atoms with Gasteiger partial charge in [-0.25, -0.2) is 8.42 Å². The first-order chi connectivity index (χ1) is 9.44. The van der Waals surface area contributed by atoms with Crippen molar-refractivity contribution in [3.05, 3.63) is 24.3 Å². The highest BCUT2D eigenvalue weighted by molar-refractivity contribution is 7.91. The molecule has 2 rings (SSSR count). The van der Waals surface area contributed by atoms with Gasteiger partial charge in [0.15, 0.2) is 9.84 Å². The summed E-state index contributed by atoms with van der Waals surface area (Å²) in [6, 6.07) is 7.18. The number of para-hydroxylation sites is 2. The second kappa shape index (κ2) is 5.83. The number of nitrogens with zero attached hydrogens (tertiary/aromatic N) is 1. The Morgan fingerprint density at radius 3 is 2.65 bits per heavy atom. The lowest BCUT2D eigenvalue weighted by atomic mass is 10.1. The normalized spacial score (nSPS) is 20.8. The van der Waals surface area contributed by atoms with Crippen LogP contribution in [0.25, 0.3) is 0 Å². The van der Waals surface area contributed by atoms with Crippen molar-refractivity contribution in [2.24, 2.45) is 5.92 Å². The van der Waals surface area contributed by atoms with Gasteiger partial charge >= 0.3 is 0 Å². The van der Waals surface area contributed by atoms with Crippen molar-refractivity contribution in [2.75, 3.05) is 28.7 Å². The van der Waals surface area contributed by atoms with E-state index in [1.165, 1.54) is 0 Å². The van der Waals surface area contributed by atoms with E-state index in [1.54, 1.807) is 17.0 Å². The second-order valence-electron chi connectivity index (χ2n) is 5.15. The van der Waals surface area contributed by atoms with Gasteiger partial charge in [-0.3, -0.25) is 4.79 Å². The van der Waals surface area contributed by atoms with Crippen LogP contribution in [0.2, 0.25) is 0 Å². The third-order valence-electron chi connectivity index (χ3n) is 3.52. The van der Waals surface area contributed by atoms with Crippen molar-refractivity contribution in [1.82, 2.24) is 0 Å². The molecule has 0 saturated carbocycles. The van der Waals surface area contributed by atoms with Gasteiger partial charge in [0.05, 0.1) is 28.8 Å². The molecular formula is C14H20N2O3S. The maximum atomic E-state index is 12.6. The lowest BCUT2D eigenvalue weighted by Crippen LogP contribution is -2.37. The zero-order valence-electron chi connectivity index (χ0n) is 11.6. The molecule has 1 aromatic rings. The van der Waals surface area contributed by atoms with Crippen LogP contribution in [0.1, 0.15) is 19.8 Å². The molecule has 6 heteroatoms. The van der Waals surface area contributed by atoms with Crippen LogP contribution in [0.3, 0.4) is 0 Å². The number of anilines is 2. The molecule has 1 aliphatic rings. The molecule has 1 fully saturated rings. The molecule has 5 nitrogen and oxygen atoms in total. The van der Waals surface area contributed by atoms with Gasteiger partial charge in [0.2, 0.25) is 5.91 Å².